The van der Waals surface area contributed by atoms with Crippen LogP contribution in [-0.2, 0) is 11.3 Å². The van der Waals surface area contributed by atoms with Crippen LogP contribution in [0.4, 0.5) is 5.69 Å². The first kappa shape index (κ1) is 15.1. The Morgan fingerprint density at radius 2 is 2.00 bits per heavy atom. The van der Waals surface area contributed by atoms with E-state index in [1.807, 2.05) is 29.2 Å². The van der Waals surface area contributed by atoms with Gasteiger partial charge in [0.1, 0.15) is 5.75 Å². The van der Waals surface area contributed by atoms with E-state index in [1.165, 1.54) is 5.56 Å². The summed E-state index contributed by atoms with van der Waals surface area (Å²) in [5, 5.41) is 0. The second kappa shape index (κ2) is 6.24. The molecule has 4 rings (SSSR count). The number of amides is 1. The molecule has 5 heteroatoms. The van der Waals surface area contributed by atoms with Crippen LogP contribution in [0.25, 0.3) is 0 Å². The Morgan fingerprint density at radius 1 is 1.17 bits per heavy atom. The van der Waals surface area contributed by atoms with Gasteiger partial charge >= 0.3 is 0 Å². The van der Waals surface area contributed by atoms with E-state index in [2.05, 4.69) is 22.0 Å². The van der Waals surface area contributed by atoms with Gasteiger partial charge in [-0.3, -0.25) is 14.7 Å². The summed E-state index contributed by atoms with van der Waals surface area (Å²) in [4.78, 5) is 21.1. The molecule has 5 nitrogen and oxygen atoms in total. The molecule has 124 valence electrons. The Balaban J connectivity index is 1.40. The zero-order valence-electron chi connectivity index (χ0n) is 13.8. The number of ether oxygens (including phenoxy) is 1. The van der Waals surface area contributed by atoms with Crippen LogP contribution in [0.2, 0.25) is 0 Å². The minimum Gasteiger partial charge on any atom is -0.497 e. The summed E-state index contributed by atoms with van der Waals surface area (Å²) in [5.74, 6) is 1.64. The minimum absolute atomic E-state index is 0.114. The first-order valence-electron chi connectivity index (χ1n) is 8.31. The quantitative estimate of drug-likeness (QED) is 0.865. The molecule has 1 amide bonds. The molecule has 0 saturated carbocycles. The van der Waals surface area contributed by atoms with Crippen LogP contribution in [-0.4, -0.2) is 42.5 Å². The van der Waals surface area contributed by atoms with Crippen molar-refractivity contribution in [2.45, 2.75) is 6.54 Å². The van der Waals surface area contributed by atoms with Crippen LogP contribution in [0.3, 0.4) is 0 Å². The molecule has 0 spiro atoms. The lowest BCUT2D eigenvalue weighted by atomic mass is 10.0. The molecule has 2 fully saturated rings. The summed E-state index contributed by atoms with van der Waals surface area (Å²) in [6.45, 7) is 3.50. The largest absolute Gasteiger partial charge is 0.497 e. The average Bonchev–Trinajstić information content (AvgIpc) is 3.15. The van der Waals surface area contributed by atoms with Crippen molar-refractivity contribution in [2.75, 3.05) is 31.6 Å². The summed E-state index contributed by atoms with van der Waals surface area (Å²) in [6, 6.07) is 12.0. The zero-order chi connectivity index (χ0) is 16.5. The molecule has 3 heterocycles. The predicted octanol–water partition coefficient (Wildman–Crippen LogP) is 2.18. The maximum atomic E-state index is 12.7. The third-order valence-electron chi connectivity index (χ3n) is 5.04. The van der Waals surface area contributed by atoms with Crippen LogP contribution in [0.15, 0.2) is 48.8 Å². The average molecular weight is 323 g/mol. The standard InChI is InChI=1S/C19H21N3O2/c1-24-17-6-4-14(5-7-17)10-21-11-15-12-22(19(23)18(15)13-21)16-3-2-8-20-9-16/h2-9,15,18H,10-13H2,1H3/t15-,18-/m0/s1. The molecule has 24 heavy (non-hydrogen) atoms. The highest BCUT2D eigenvalue weighted by atomic mass is 16.5. The maximum absolute atomic E-state index is 12.7. The van der Waals surface area contributed by atoms with Gasteiger partial charge in [0, 0.05) is 38.3 Å². The number of hydrogen-bond acceptors (Lipinski definition) is 4. The zero-order valence-corrected chi connectivity index (χ0v) is 13.8. The summed E-state index contributed by atoms with van der Waals surface area (Å²) >= 11 is 0. The molecule has 0 unspecified atom stereocenters. The number of methoxy groups -OCH3 is 1. The second-order valence-electron chi connectivity index (χ2n) is 6.57. The van der Waals surface area contributed by atoms with Gasteiger partial charge in [-0.2, -0.15) is 0 Å². The number of rotatable bonds is 4. The molecule has 1 aromatic carbocycles. The van der Waals surface area contributed by atoms with Crippen molar-refractivity contribution in [1.29, 1.82) is 0 Å². The molecular weight excluding hydrogens is 302 g/mol. The van der Waals surface area contributed by atoms with Crippen molar-refractivity contribution in [3.63, 3.8) is 0 Å². The number of pyridine rings is 1. The van der Waals surface area contributed by atoms with Crippen molar-refractivity contribution in [2.24, 2.45) is 11.8 Å². The second-order valence-corrected chi connectivity index (χ2v) is 6.57. The SMILES string of the molecule is COc1ccc(CN2C[C@H]3CN(c4cccnc4)C(=O)[C@H]3C2)cc1. The molecule has 1 aromatic heterocycles. The molecule has 0 bridgehead atoms. The van der Waals surface area contributed by atoms with E-state index in [4.69, 9.17) is 4.74 Å². The Morgan fingerprint density at radius 3 is 2.67 bits per heavy atom. The number of carbonyl (C=O) groups is 1. The van der Waals surface area contributed by atoms with E-state index in [1.54, 1.807) is 19.5 Å². The Bertz CT molecular complexity index is 717. The fourth-order valence-corrected chi connectivity index (χ4v) is 3.81. The van der Waals surface area contributed by atoms with Gasteiger partial charge in [-0.15, -0.1) is 0 Å². The maximum Gasteiger partial charge on any atom is 0.231 e. The third kappa shape index (κ3) is 2.76. The van der Waals surface area contributed by atoms with Gasteiger partial charge in [0.2, 0.25) is 5.91 Å². The fourth-order valence-electron chi connectivity index (χ4n) is 3.81. The molecular formula is C19H21N3O2. The van der Waals surface area contributed by atoms with Crippen molar-refractivity contribution in [1.82, 2.24) is 9.88 Å². The van der Waals surface area contributed by atoms with Crippen LogP contribution >= 0.6 is 0 Å². The highest BCUT2D eigenvalue weighted by Crippen LogP contribution is 2.35. The number of benzene rings is 1. The molecule has 2 atom stereocenters. The molecule has 0 aliphatic carbocycles. The van der Waals surface area contributed by atoms with Gasteiger partial charge in [0.25, 0.3) is 0 Å². The summed E-state index contributed by atoms with van der Waals surface area (Å²) in [6.07, 6.45) is 3.51. The number of hydrogen-bond donors (Lipinski definition) is 0. The monoisotopic (exact) mass is 323 g/mol. The van der Waals surface area contributed by atoms with Crippen molar-refractivity contribution in [3.8, 4) is 5.75 Å². The van der Waals surface area contributed by atoms with Gasteiger partial charge in [-0.05, 0) is 29.8 Å². The molecule has 0 N–H and O–H groups in total. The van der Waals surface area contributed by atoms with Gasteiger partial charge in [0.15, 0.2) is 0 Å². The van der Waals surface area contributed by atoms with Gasteiger partial charge < -0.3 is 9.64 Å². The minimum atomic E-state index is 0.114. The lowest BCUT2D eigenvalue weighted by Gasteiger charge is -2.21. The first-order valence-corrected chi connectivity index (χ1v) is 8.31. The summed E-state index contributed by atoms with van der Waals surface area (Å²) in [7, 11) is 1.68. The van der Waals surface area contributed by atoms with Crippen molar-refractivity contribution < 1.29 is 9.53 Å². The van der Waals surface area contributed by atoms with E-state index in [9.17, 15) is 4.79 Å². The van der Waals surface area contributed by atoms with Crippen LogP contribution in [0, 0.1) is 11.8 Å². The van der Waals surface area contributed by atoms with Crippen molar-refractivity contribution >= 4 is 11.6 Å². The summed E-state index contributed by atoms with van der Waals surface area (Å²) in [5.41, 5.74) is 2.17. The van der Waals surface area contributed by atoms with Crippen LogP contribution in [0.5, 0.6) is 5.75 Å². The van der Waals surface area contributed by atoms with E-state index in [0.29, 0.717) is 5.92 Å². The van der Waals surface area contributed by atoms with Crippen molar-refractivity contribution in [3.05, 3.63) is 54.4 Å². The van der Waals surface area contributed by atoms with E-state index in [-0.39, 0.29) is 11.8 Å². The molecule has 2 saturated heterocycles. The Kier molecular flexibility index (Phi) is 3.94. The predicted molar refractivity (Wildman–Crippen MR) is 91.8 cm³/mol. The molecule has 0 radical (unpaired) electrons. The number of anilines is 1. The van der Waals surface area contributed by atoms with Gasteiger partial charge in [-0.1, -0.05) is 12.1 Å². The normalized spacial score (nSPS) is 23.5. The number of aromatic nitrogens is 1. The topological polar surface area (TPSA) is 45.7 Å². The smallest absolute Gasteiger partial charge is 0.231 e. The van der Waals surface area contributed by atoms with E-state index in [0.717, 1.165) is 37.6 Å². The number of carbonyl (C=O) groups excluding carboxylic acids is 1. The Hall–Kier alpha value is -2.40. The fraction of sp³-hybridized carbons (Fsp3) is 0.368. The highest BCUT2D eigenvalue weighted by Gasteiger charge is 2.46. The number of fused-ring (bicyclic) bond motifs is 1. The first-order chi connectivity index (χ1) is 11.7. The highest BCUT2D eigenvalue weighted by molar-refractivity contribution is 5.97. The molecule has 2 aliphatic rings. The molecule has 2 aromatic rings. The van der Waals surface area contributed by atoms with Gasteiger partial charge in [0.05, 0.1) is 24.9 Å². The number of nitrogens with zero attached hydrogens (tertiary/aromatic N) is 3. The van der Waals surface area contributed by atoms with Crippen LogP contribution in [0.1, 0.15) is 5.56 Å². The molecule has 2 aliphatic heterocycles. The lowest BCUT2D eigenvalue weighted by Crippen LogP contribution is -2.32. The summed E-state index contributed by atoms with van der Waals surface area (Å²) < 4.78 is 5.20. The van der Waals surface area contributed by atoms with E-state index < -0.39 is 0 Å². The van der Waals surface area contributed by atoms with Gasteiger partial charge in [-0.25, -0.2) is 0 Å². The third-order valence-corrected chi connectivity index (χ3v) is 5.04. The Labute approximate surface area is 141 Å². The number of likely N-dealkylation sites (tertiary alicyclic amines) is 1. The van der Waals surface area contributed by atoms with Crippen LogP contribution < -0.4 is 9.64 Å². The van der Waals surface area contributed by atoms with E-state index >= 15 is 0 Å². The lowest BCUT2D eigenvalue weighted by molar-refractivity contribution is -0.120.